The van der Waals surface area contributed by atoms with Gasteiger partial charge in [0.2, 0.25) is 5.91 Å². The Bertz CT molecular complexity index is 577. The molecule has 1 aromatic rings. The van der Waals surface area contributed by atoms with Gasteiger partial charge >= 0.3 is 6.18 Å². The molecule has 2 aliphatic rings. The van der Waals surface area contributed by atoms with E-state index >= 15 is 0 Å². The summed E-state index contributed by atoms with van der Waals surface area (Å²) in [6.45, 7) is 3.06. The molecule has 2 fully saturated rings. The molecular weight excluding hydrogens is 333 g/mol. The molecule has 0 aromatic carbocycles. The van der Waals surface area contributed by atoms with Crippen molar-refractivity contribution in [2.75, 3.05) is 31.1 Å². The molecule has 2 aliphatic heterocycles. The van der Waals surface area contributed by atoms with E-state index in [4.69, 9.17) is 0 Å². The number of pyridine rings is 1. The zero-order valence-corrected chi connectivity index (χ0v) is 14.0. The van der Waals surface area contributed by atoms with Crippen molar-refractivity contribution in [3.8, 4) is 0 Å². The molecule has 0 aliphatic carbocycles. The summed E-state index contributed by atoms with van der Waals surface area (Å²) < 4.78 is 37.8. The minimum absolute atomic E-state index is 0.0448. The Hall–Kier alpha value is -1.83. The number of carbonyl (C=O) groups is 1. The molecule has 138 valence electrons. The first kappa shape index (κ1) is 18.0. The van der Waals surface area contributed by atoms with Crippen LogP contribution in [0.2, 0.25) is 0 Å². The van der Waals surface area contributed by atoms with Crippen molar-refractivity contribution in [3.05, 3.63) is 23.9 Å². The van der Waals surface area contributed by atoms with Gasteiger partial charge < -0.3 is 15.5 Å². The van der Waals surface area contributed by atoms with E-state index in [9.17, 15) is 18.0 Å². The largest absolute Gasteiger partial charge is 0.417 e. The summed E-state index contributed by atoms with van der Waals surface area (Å²) >= 11 is 0. The van der Waals surface area contributed by atoms with Crippen LogP contribution >= 0.6 is 0 Å². The molecule has 2 saturated heterocycles. The van der Waals surface area contributed by atoms with Crippen LogP contribution in [0.4, 0.5) is 19.0 Å². The van der Waals surface area contributed by atoms with Gasteiger partial charge in [-0.2, -0.15) is 13.2 Å². The maximum atomic E-state index is 12.6. The van der Waals surface area contributed by atoms with Gasteiger partial charge in [0.25, 0.3) is 0 Å². The second-order valence-corrected chi connectivity index (χ2v) is 6.72. The van der Waals surface area contributed by atoms with E-state index in [1.165, 1.54) is 6.07 Å². The van der Waals surface area contributed by atoms with Gasteiger partial charge in [0.1, 0.15) is 5.82 Å². The maximum absolute atomic E-state index is 12.6. The Labute approximate surface area is 145 Å². The lowest BCUT2D eigenvalue weighted by atomic mass is 9.97. The van der Waals surface area contributed by atoms with Crippen molar-refractivity contribution >= 4 is 11.7 Å². The molecule has 5 nitrogen and oxygen atoms in total. The van der Waals surface area contributed by atoms with Gasteiger partial charge in [-0.3, -0.25) is 4.79 Å². The van der Waals surface area contributed by atoms with Crippen LogP contribution in [0.15, 0.2) is 18.3 Å². The lowest BCUT2D eigenvalue weighted by Crippen LogP contribution is -2.48. The molecule has 1 atom stereocenters. The second kappa shape index (κ2) is 7.59. The summed E-state index contributed by atoms with van der Waals surface area (Å²) in [5.74, 6) is 0.705. The first-order valence-corrected chi connectivity index (χ1v) is 8.73. The van der Waals surface area contributed by atoms with Crippen LogP contribution in [0, 0.1) is 5.92 Å². The quantitative estimate of drug-likeness (QED) is 0.872. The number of aromatic nitrogens is 1. The van der Waals surface area contributed by atoms with Crippen LogP contribution in [0.3, 0.4) is 0 Å². The third-order valence-corrected chi connectivity index (χ3v) is 4.91. The monoisotopic (exact) mass is 356 g/mol. The van der Waals surface area contributed by atoms with E-state index in [1.54, 1.807) is 0 Å². The molecule has 25 heavy (non-hydrogen) atoms. The van der Waals surface area contributed by atoms with Crippen LogP contribution in [-0.2, 0) is 11.0 Å². The van der Waals surface area contributed by atoms with Crippen molar-refractivity contribution in [2.24, 2.45) is 5.92 Å². The fourth-order valence-electron chi connectivity index (χ4n) is 3.39. The van der Waals surface area contributed by atoms with Gasteiger partial charge in [-0.25, -0.2) is 4.98 Å². The first-order valence-electron chi connectivity index (χ1n) is 8.73. The lowest BCUT2D eigenvalue weighted by Gasteiger charge is -2.34. The number of rotatable bonds is 3. The van der Waals surface area contributed by atoms with Gasteiger partial charge in [0, 0.05) is 31.9 Å². The van der Waals surface area contributed by atoms with Gasteiger partial charge in [-0.1, -0.05) is 0 Å². The van der Waals surface area contributed by atoms with Gasteiger partial charge in [-0.05, 0) is 44.4 Å². The number of amides is 1. The van der Waals surface area contributed by atoms with E-state index in [-0.39, 0.29) is 17.9 Å². The molecule has 0 bridgehead atoms. The molecule has 0 radical (unpaired) electrons. The van der Waals surface area contributed by atoms with E-state index < -0.39 is 11.7 Å². The Morgan fingerprint density at radius 2 is 2.00 bits per heavy atom. The molecule has 2 N–H and O–H groups in total. The van der Waals surface area contributed by atoms with E-state index in [0.717, 1.165) is 51.0 Å². The topological polar surface area (TPSA) is 57.3 Å². The molecule has 3 rings (SSSR count). The van der Waals surface area contributed by atoms with Crippen LogP contribution in [0.25, 0.3) is 0 Å². The fraction of sp³-hybridized carbons (Fsp3) is 0.647. The van der Waals surface area contributed by atoms with Crippen molar-refractivity contribution in [2.45, 2.75) is 37.9 Å². The molecular formula is C17H23F3N4O. The predicted molar refractivity (Wildman–Crippen MR) is 88.2 cm³/mol. The number of piperidine rings is 2. The predicted octanol–water partition coefficient (Wildman–Crippen LogP) is 2.18. The maximum Gasteiger partial charge on any atom is 0.417 e. The summed E-state index contributed by atoms with van der Waals surface area (Å²) in [5, 5.41) is 6.35. The Kier molecular flexibility index (Phi) is 5.46. The van der Waals surface area contributed by atoms with Gasteiger partial charge in [0.05, 0.1) is 11.5 Å². The van der Waals surface area contributed by atoms with Crippen molar-refractivity contribution < 1.29 is 18.0 Å². The minimum Gasteiger partial charge on any atom is -0.356 e. The molecule has 0 saturated carbocycles. The van der Waals surface area contributed by atoms with Crippen LogP contribution in [0.5, 0.6) is 0 Å². The molecule has 1 aromatic heterocycles. The average molecular weight is 356 g/mol. The van der Waals surface area contributed by atoms with Crippen molar-refractivity contribution in [1.29, 1.82) is 0 Å². The van der Waals surface area contributed by atoms with E-state index in [2.05, 4.69) is 15.6 Å². The summed E-state index contributed by atoms with van der Waals surface area (Å²) in [4.78, 5) is 18.2. The Morgan fingerprint density at radius 3 is 2.56 bits per heavy atom. The van der Waals surface area contributed by atoms with Crippen LogP contribution in [-0.4, -0.2) is 43.1 Å². The SMILES string of the molecule is O=C(NC1CCN(c2ccc(C(F)(F)F)cn2)CC1)C1CCCNC1. The molecule has 0 spiro atoms. The number of alkyl halides is 3. The fourth-order valence-corrected chi connectivity index (χ4v) is 3.39. The zero-order valence-electron chi connectivity index (χ0n) is 14.0. The highest BCUT2D eigenvalue weighted by atomic mass is 19.4. The lowest BCUT2D eigenvalue weighted by molar-refractivity contribution is -0.137. The number of hydrogen-bond donors (Lipinski definition) is 2. The average Bonchev–Trinajstić information content (AvgIpc) is 2.62. The summed E-state index contributed by atoms with van der Waals surface area (Å²) in [6.07, 6.45) is 0.00249. The smallest absolute Gasteiger partial charge is 0.356 e. The third-order valence-electron chi connectivity index (χ3n) is 4.91. The second-order valence-electron chi connectivity index (χ2n) is 6.72. The summed E-state index contributed by atoms with van der Waals surface area (Å²) in [7, 11) is 0. The number of nitrogens with zero attached hydrogens (tertiary/aromatic N) is 2. The number of carbonyl (C=O) groups excluding carboxylic acids is 1. The highest BCUT2D eigenvalue weighted by Crippen LogP contribution is 2.29. The number of hydrogen-bond acceptors (Lipinski definition) is 4. The number of anilines is 1. The Morgan fingerprint density at radius 1 is 1.24 bits per heavy atom. The van der Waals surface area contributed by atoms with Crippen molar-refractivity contribution in [1.82, 2.24) is 15.6 Å². The Balaban J connectivity index is 1.49. The highest BCUT2D eigenvalue weighted by molar-refractivity contribution is 5.79. The summed E-state index contributed by atoms with van der Waals surface area (Å²) in [5.41, 5.74) is -0.737. The first-order chi connectivity index (χ1) is 11.9. The van der Waals surface area contributed by atoms with E-state index in [1.807, 2.05) is 4.90 Å². The van der Waals surface area contributed by atoms with Crippen LogP contribution < -0.4 is 15.5 Å². The summed E-state index contributed by atoms with van der Waals surface area (Å²) in [6, 6.07) is 2.60. The third kappa shape index (κ3) is 4.62. The number of halogens is 3. The molecule has 1 amide bonds. The van der Waals surface area contributed by atoms with Crippen LogP contribution in [0.1, 0.15) is 31.2 Å². The molecule has 3 heterocycles. The highest BCUT2D eigenvalue weighted by Gasteiger charge is 2.31. The normalized spacial score (nSPS) is 22.7. The standard InChI is InChI=1S/C17H23F3N4O/c18-17(19,20)13-3-4-15(22-11-13)24-8-5-14(6-9-24)23-16(25)12-2-1-7-21-10-12/h3-4,11-12,14,21H,1-2,5-10H2,(H,23,25). The van der Waals surface area contributed by atoms with Gasteiger partial charge in [0.15, 0.2) is 0 Å². The molecule has 8 heteroatoms. The minimum atomic E-state index is -4.36. The number of nitrogens with one attached hydrogen (secondary N) is 2. The molecule has 1 unspecified atom stereocenters. The zero-order chi connectivity index (χ0) is 17.9. The van der Waals surface area contributed by atoms with Crippen molar-refractivity contribution in [3.63, 3.8) is 0 Å². The van der Waals surface area contributed by atoms with E-state index in [0.29, 0.717) is 18.9 Å². The van der Waals surface area contributed by atoms with Gasteiger partial charge in [-0.15, -0.1) is 0 Å².